The Morgan fingerprint density at radius 3 is 2.60 bits per heavy atom. The molecule has 2 atom stereocenters. The molecule has 0 radical (unpaired) electrons. The lowest BCUT2D eigenvalue weighted by Gasteiger charge is -2.08. The van der Waals surface area contributed by atoms with Gasteiger partial charge in [-0.2, -0.15) is 0 Å². The van der Waals surface area contributed by atoms with Crippen LogP contribution in [0.15, 0.2) is 73.2 Å². The highest BCUT2D eigenvalue weighted by atomic mass is 16.5. The summed E-state index contributed by atoms with van der Waals surface area (Å²) in [6.07, 6.45) is 6.41. The number of rotatable bonds is 7. The zero-order valence-electron chi connectivity index (χ0n) is 14.0. The van der Waals surface area contributed by atoms with Crippen LogP contribution in [0.1, 0.15) is 29.2 Å². The third-order valence-corrected chi connectivity index (χ3v) is 4.51. The lowest BCUT2D eigenvalue weighted by Crippen LogP contribution is -2.18. The van der Waals surface area contributed by atoms with Gasteiger partial charge in [0.05, 0.1) is 5.69 Å². The first-order valence-electron chi connectivity index (χ1n) is 8.63. The van der Waals surface area contributed by atoms with Crippen molar-refractivity contribution >= 4 is 0 Å². The molecule has 1 aliphatic rings. The Balaban J connectivity index is 1.27. The van der Waals surface area contributed by atoms with E-state index in [1.54, 1.807) is 12.4 Å². The van der Waals surface area contributed by atoms with Gasteiger partial charge >= 0.3 is 0 Å². The van der Waals surface area contributed by atoms with E-state index in [9.17, 15) is 0 Å². The van der Waals surface area contributed by atoms with Crippen LogP contribution in [0.3, 0.4) is 0 Å². The highest BCUT2D eigenvalue weighted by Gasteiger charge is 2.37. The van der Waals surface area contributed by atoms with Gasteiger partial charge in [0.2, 0.25) is 0 Å². The Labute approximate surface area is 147 Å². The van der Waals surface area contributed by atoms with Crippen molar-refractivity contribution in [3.63, 3.8) is 0 Å². The van der Waals surface area contributed by atoms with Gasteiger partial charge in [-0.15, -0.1) is 0 Å². The van der Waals surface area contributed by atoms with Crippen LogP contribution in [0.25, 0.3) is 0 Å². The van der Waals surface area contributed by atoms with Crippen LogP contribution in [0.4, 0.5) is 0 Å². The molecule has 0 aliphatic heterocycles. The van der Waals surface area contributed by atoms with Crippen molar-refractivity contribution in [2.45, 2.75) is 31.5 Å². The van der Waals surface area contributed by atoms with Crippen LogP contribution in [0, 0.1) is 0 Å². The summed E-state index contributed by atoms with van der Waals surface area (Å²) in [5.41, 5.74) is 3.53. The minimum Gasteiger partial charge on any atom is -0.489 e. The van der Waals surface area contributed by atoms with Crippen LogP contribution in [0.5, 0.6) is 5.75 Å². The Hall–Kier alpha value is -2.72. The molecule has 1 N–H and O–H groups in total. The van der Waals surface area contributed by atoms with Crippen LogP contribution >= 0.6 is 0 Å². The van der Waals surface area contributed by atoms with Gasteiger partial charge in [0.15, 0.2) is 0 Å². The Morgan fingerprint density at radius 2 is 1.84 bits per heavy atom. The van der Waals surface area contributed by atoms with E-state index in [4.69, 9.17) is 4.74 Å². The minimum absolute atomic E-state index is 0.526. The average molecular weight is 331 g/mol. The second kappa shape index (κ2) is 7.45. The molecule has 126 valence electrons. The molecule has 0 spiro atoms. The maximum absolute atomic E-state index is 5.85. The lowest BCUT2D eigenvalue weighted by atomic mass is 10.1. The monoisotopic (exact) mass is 331 g/mol. The summed E-state index contributed by atoms with van der Waals surface area (Å²) in [7, 11) is 0. The standard InChI is InChI=1S/C21H21N3O/c1-2-4-16(5-3-1)15-25-19-8-6-17(7-9-19)20-12-21(20)24-14-18-13-22-10-11-23-18/h1-11,13,20-21,24H,12,14-15H2. The molecule has 0 amide bonds. The van der Waals surface area contributed by atoms with Crippen molar-refractivity contribution in [1.29, 1.82) is 0 Å². The summed E-state index contributed by atoms with van der Waals surface area (Å²) in [6, 6.07) is 19.2. The van der Waals surface area contributed by atoms with Gasteiger partial charge in [0.1, 0.15) is 12.4 Å². The van der Waals surface area contributed by atoms with Gasteiger partial charge in [0, 0.05) is 37.1 Å². The largest absolute Gasteiger partial charge is 0.489 e. The van der Waals surface area contributed by atoms with Crippen LogP contribution in [-0.4, -0.2) is 16.0 Å². The summed E-state index contributed by atoms with van der Waals surface area (Å²) in [6.45, 7) is 1.37. The quantitative estimate of drug-likeness (QED) is 0.717. The molecule has 0 bridgehead atoms. The number of nitrogens with one attached hydrogen (secondary N) is 1. The highest BCUT2D eigenvalue weighted by Crippen LogP contribution is 2.41. The van der Waals surface area contributed by atoms with Gasteiger partial charge in [-0.05, 0) is 29.7 Å². The molecule has 3 aromatic rings. The van der Waals surface area contributed by atoms with Crippen LogP contribution in [-0.2, 0) is 13.2 Å². The highest BCUT2D eigenvalue weighted by molar-refractivity contribution is 5.34. The summed E-state index contributed by atoms with van der Waals surface area (Å²) in [5.74, 6) is 1.50. The van der Waals surface area contributed by atoms with E-state index in [1.165, 1.54) is 17.5 Å². The zero-order chi connectivity index (χ0) is 16.9. The molecule has 1 aromatic heterocycles. The van der Waals surface area contributed by atoms with Crippen molar-refractivity contribution in [3.8, 4) is 5.75 Å². The molecule has 0 saturated heterocycles. The number of nitrogens with zero attached hydrogens (tertiary/aromatic N) is 2. The fraction of sp³-hybridized carbons (Fsp3) is 0.238. The lowest BCUT2D eigenvalue weighted by molar-refractivity contribution is 0.306. The SMILES string of the molecule is c1ccc(COc2ccc(C3CC3NCc3cnccn3)cc2)cc1. The summed E-state index contributed by atoms with van der Waals surface area (Å²) in [5, 5.41) is 3.55. The summed E-state index contributed by atoms with van der Waals surface area (Å²) < 4.78 is 5.85. The molecule has 1 aliphatic carbocycles. The predicted molar refractivity (Wildman–Crippen MR) is 97.2 cm³/mol. The van der Waals surface area contributed by atoms with Crippen molar-refractivity contribution in [2.75, 3.05) is 0 Å². The topological polar surface area (TPSA) is 47.0 Å². The fourth-order valence-electron chi connectivity index (χ4n) is 3.00. The van der Waals surface area contributed by atoms with E-state index in [1.807, 2.05) is 24.4 Å². The molecule has 25 heavy (non-hydrogen) atoms. The van der Waals surface area contributed by atoms with Gasteiger partial charge < -0.3 is 10.1 Å². The Kier molecular flexibility index (Phi) is 4.70. The average Bonchev–Trinajstić information content (AvgIpc) is 3.47. The first-order valence-corrected chi connectivity index (χ1v) is 8.63. The summed E-state index contributed by atoms with van der Waals surface area (Å²) in [4.78, 5) is 8.38. The van der Waals surface area contributed by atoms with E-state index >= 15 is 0 Å². The van der Waals surface area contributed by atoms with E-state index in [2.05, 4.69) is 51.7 Å². The number of ether oxygens (including phenoxy) is 1. The van der Waals surface area contributed by atoms with Gasteiger partial charge in [0.25, 0.3) is 0 Å². The minimum atomic E-state index is 0.526. The number of hydrogen-bond donors (Lipinski definition) is 1. The van der Waals surface area contributed by atoms with Gasteiger partial charge in [-0.1, -0.05) is 42.5 Å². The van der Waals surface area contributed by atoms with Crippen LogP contribution < -0.4 is 10.1 Å². The number of benzene rings is 2. The molecule has 1 fully saturated rings. The maximum atomic E-state index is 5.85. The number of aromatic nitrogens is 2. The molecule has 2 aromatic carbocycles. The van der Waals surface area contributed by atoms with Gasteiger partial charge in [-0.25, -0.2) is 0 Å². The predicted octanol–water partition coefficient (Wildman–Crippen LogP) is 3.70. The van der Waals surface area contributed by atoms with E-state index < -0.39 is 0 Å². The van der Waals surface area contributed by atoms with Crippen molar-refractivity contribution in [3.05, 3.63) is 90.0 Å². The third kappa shape index (κ3) is 4.22. The van der Waals surface area contributed by atoms with Gasteiger partial charge in [-0.3, -0.25) is 9.97 Å². The van der Waals surface area contributed by atoms with Crippen LogP contribution in [0.2, 0.25) is 0 Å². The first-order chi connectivity index (χ1) is 12.4. The van der Waals surface area contributed by atoms with Crippen molar-refractivity contribution < 1.29 is 4.74 Å². The zero-order valence-corrected chi connectivity index (χ0v) is 14.0. The molecule has 4 rings (SSSR count). The molecule has 4 heteroatoms. The molecule has 1 saturated carbocycles. The molecular formula is C21H21N3O. The second-order valence-corrected chi connectivity index (χ2v) is 6.37. The first kappa shape index (κ1) is 15.8. The Bertz CT molecular complexity index is 790. The van der Waals surface area contributed by atoms with E-state index in [0.717, 1.165) is 18.0 Å². The van der Waals surface area contributed by atoms with E-state index in [-0.39, 0.29) is 0 Å². The Morgan fingerprint density at radius 1 is 1.00 bits per heavy atom. The second-order valence-electron chi connectivity index (χ2n) is 6.37. The maximum Gasteiger partial charge on any atom is 0.119 e. The smallest absolute Gasteiger partial charge is 0.119 e. The molecular weight excluding hydrogens is 310 g/mol. The van der Waals surface area contributed by atoms with E-state index in [0.29, 0.717) is 18.6 Å². The van der Waals surface area contributed by atoms with Crippen molar-refractivity contribution in [2.24, 2.45) is 0 Å². The third-order valence-electron chi connectivity index (χ3n) is 4.51. The fourth-order valence-corrected chi connectivity index (χ4v) is 3.00. The number of hydrogen-bond acceptors (Lipinski definition) is 4. The molecule has 4 nitrogen and oxygen atoms in total. The molecule has 1 heterocycles. The molecule has 2 unspecified atom stereocenters. The summed E-state index contributed by atoms with van der Waals surface area (Å²) >= 11 is 0. The van der Waals surface area contributed by atoms with Crippen molar-refractivity contribution in [1.82, 2.24) is 15.3 Å². The normalized spacial score (nSPS) is 18.7.